The first-order valence-corrected chi connectivity index (χ1v) is 12.8. The number of nitrogens with one attached hydrogen (secondary N) is 1. The van der Waals surface area contributed by atoms with Crippen LogP contribution in [0.15, 0.2) is 43.0 Å². The van der Waals surface area contributed by atoms with E-state index >= 15 is 0 Å². The van der Waals surface area contributed by atoms with Crippen molar-refractivity contribution in [3.8, 4) is 5.75 Å². The van der Waals surface area contributed by atoms with Crippen LogP contribution in [0.4, 0.5) is 5.82 Å². The predicted molar refractivity (Wildman–Crippen MR) is 132 cm³/mol. The van der Waals surface area contributed by atoms with Crippen LogP contribution in [0.25, 0.3) is 16.7 Å². The van der Waals surface area contributed by atoms with Crippen molar-refractivity contribution in [1.29, 1.82) is 0 Å². The zero-order valence-electron chi connectivity index (χ0n) is 20.3. The molecule has 37 heavy (non-hydrogen) atoms. The number of ketones is 1. The van der Waals surface area contributed by atoms with Crippen LogP contribution in [0.5, 0.6) is 5.75 Å². The van der Waals surface area contributed by atoms with Crippen LogP contribution in [-0.4, -0.2) is 61.0 Å². The summed E-state index contributed by atoms with van der Waals surface area (Å²) >= 11 is 0. The summed E-state index contributed by atoms with van der Waals surface area (Å²) in [7, 11) is -4.19. The molecule has 0 fully saturated rings. The fraction of sp³-hybridized carbons (Fsp3) is 0.364. The normalized spacial score (nSPS) is 13.5. The third kappa shape index (κ3) is 8.02. The maximum Gasteiger partial charge on any atom is 0.459 e. The number of ether oxygens (including phenoxy) is 1. The van der Waals surface area contributed by atoms with Crippen LogP contribution in [-0.2, 0) is 30.0 Å². The molecule has 0 aliphatic rings. The van der Waals surface area contributed by atoms with Gasteiger partial charge in [-0.2, -0.15) is 9.88 Å². The molecule has 1 unspecified atom stereocenters. The Morgan fingerprint density at radius 2 is 2.00 bits per heavy atom. The Bertz CT molecular complexity index is 1330. The largest absolute Gasteiger partial charge is 0.462 e. The Morgan fingerprint density at radius 1 is 1.24 bits per heavy atom. The Balaban J connectivity index is 1.80. The summed E-state index contributed by atoms with van der Waals surface area (Å²) in [6, 6.07) is 7.03. The van der Waals surface area contributed by atoms with Crippen LogP contribution in [0.2, 0.25) is 0 Å². The molecule has 0 radical (unpaired) electrons. The molecule has 0 bridgehead atoms. The lowest BCUT2D eigenvalue weighted by molar-refractivity contribution is -0.149. The highest BCUT2D eigenvalue weighted by molar-refractivity contribution is 7.52. The summed E-state index contributed by atoms with van der Waals surface area (Å²) in [5.74, 6) is -0.847. The number of Topliss-reactive ketones (excluding diaryl/α,β-unsaturated/α-hetero) is 1. The minimum absolute atomic E-state index is 0.121. The number of imidazole rings is 1. The average molecular weight is 530 g/mol. The van der Waals surface area contributed by atoms with Crippen molar-refractivity contribution >= 4 is 42.7 Å². The van der Waals surface area contributed by atoms with Crippen molar-refractivity contribution in [2.24, 2.45) is 0 Å². The SMILES string of the molecule is CC(C)OC(=O)[C@H](CCC(=O)C=[N+]=[N-])NP(=O)(OCCn1cnc2c(N)ncnc21)Oc1ccccc1. The minimum atomic E-state index is -4.19. The predicted octanol–water partition coefficient (Wildman–Crippen LogP) is 2.17. The Kier molecular flexibility index (Phi) is 9.58. The van der Waals surface area contributed by atoms with Crippen LogP contribution in [0, 0.1) is 0 Å². The van der Waals surface area contributed by atoms with Crippen LogP contribution < -0.4 is 15.3 Å². The average Bonchev–Trinajstić information content (AvgIpc) is 3.26. The number of hydrogen-bond donors (Lipinski definition) is 2. The Labute approximate surface area is 212 Å². The number of esters is 1. The number of anilines is 1. The van der Waals surface area contributed by atoms with E-state index in [-0.39, 0.29) is 37.6 Å². The Hall–Kier alpha value is -3.96. The van der Waals surface area contributed by atoms with Crippen LogP contribution in [0.3, 0.4) is 0 Å². The molecule has 14 nitrogen and oxygen atoms in total. The molecule has 0 amide bonds. The van der Waals surface area contributed by atoms with Gasteiger partial charge in [0.1, 0.15) is 23.6 Å². The van der Waals surface area contributed by atoms with Gasteiger partial charge in [-0.25, -0.2) is 19.5 Å². The molecule has 3 N–H and O–H groups in total. The van der Waals surface area contributed by atoms with Crippen molar-refractivity contribution in [2.45, 2.75) is 45.4 Å². The van der Waals surface area contributed by atoms with E-state index in [4.69, 9.17) is 25.0 Å². The standard InChI is InChI=1S/C22H27N8O6P/c1-15(2)35-22(32)18(9-8-16(31)12-28-24)29-37(33,36-17-6-4-3-5-7-17)34-11-10-30-14-27-19-20(23)25-13-26-21(19)30/h3-7,12-15,18H,8-11H2,1-2H3,(H,29,33)(H2,23,25,26)/t18-,37?/m0/s1. The molecule has 2 atom stereocenters. The van der Waals surface area contributed by atoms with E-state index in [2.05, 4.69) is 24.8 Å². The van der Waals surface area contributed by atoms with E-state index in [9.17, 15) is 14.2 Å². The van der Waals surface area contributed by atoms with Gasteiger partial charge >= 0.3 is 19.9 Å². The second kappa shape index (κ2) is 12.8. The van der Waals surface area contributed by atoms with Gasteiger partial charge in [-0.1, -0.05) is 18.2 Å². The van der Waals surface area contributed by atoms with Gasteiger partial charge in [0.25, 0.3) is 0 Å². The Morgan fingerprint density at radius 3 is 2.70 bits per heavy atom. The molecule has 0 aliphatic carbocycles. The lowest BCUT2D eigenvalue weighted by Crippen LogP contribution is -2.39. The molecule has 15 heteroatoms. The smallest absolute Gasteiger partial charge is 0.459 e. The maximum absolute atomic E-state index is 13.8. The minimum Gasteiger partial charge on any atom is -0.462 e. The highest BCUT2D eigenvalue weighted by atomic mass is 31.2. The second-order valence-electron chi connectivity index (χ2n) is 8.02. The lowest BCUT2D eigenvalue weighted by Gasteiger charge is -2.25. The summed E-state index contributed by atoms with van der Waals surface area (Å²) in [6.45, 7) is 3.35. The van der Waals surface area contributed by atoms with Crippen molar-refractivity contribution < 1.29 is 32.7 Å². The number of para-hydroxylation sites is 1. The van der Waals surface area contributed by atoms with Gasteiger partial charge in [-0.3, -0.25) is 14.1 Å². The number of rotatable bonds is 14. The summed E-state index contributed by atoms with van der Waals surface area (Å²) in [5.41, 5.74) is 15.3. The summed E-state index contributed by atoms with van der Waals surface area (Å²) in [5, 5.41) is 2.61. The second-order valence-corrected chi connectivity index (χ2v) is 9.71. The van der Waals surface area contributed by atoms with Gasteiger partial charge in [-0.15, -0.1) is 0 Å². The number of fused-ring (bicyclic) bond motifs is 1. The van der Waals surface area contributed by atoms with Gasteiger partial charge in [-0.05, 0) is 32.4 Å². The number of carbonyl (C=O) groups is 2. The number of carbonyl (C=O) groups excluding carboxylic acids is 2. The van der Waals surface area contributed by atoms with E-state index in [1.54, 1.807) is 48.7 Å². The molecule has 2 heterocycles. The molecule has 3 rings (SSSR count). The molecule has 0 saturated heterocycles. The fourth-order valence-electron chi connectivity index (χ4n) is 3.19. The van der Waals surface area contributed by atoms with Gasteiger partial charge in [0.15, 0.2) is 11.5 Å². The number of nitrogen functional groups attached to an aromatic ring is 1. The van der Waals surface area contributed by atoms with Crippen molar-refractivity contribution in [3.05, 3.63) is 48.5 Å². The van der Waals surface area contributed by atoms with Gasteiger partial charge in [0.05, 0.1) is 19.0 Å². The molecule has 2 aromatic heterocycles. The van der Waals surface area contributed by atoms with Crippen LogP contribution in [0.1, 0.15) is 26.7 Å². The maximum atomic E-state index is 13.8. The topological polar surface area (TPSA) is 197 Å². The molecular weight excluding hydrogens is 503 g/mol. The highest BCUT2D eigenvalue weighted by Gasteiger charge is 2.35. The van der Waals surface area contributed by atoms with Gasteiger partial charge in [0.2, 0.25) is 5.78 Å². The molecule has 0 spiro atoms. The molecule has 3 aromatic rings. The van der Waals surface area contributed by atoms with Crippen molar-refractivity contribution in [2.75, 3.05) is 12.3 Å². The molecule has 0 aliphatic heterocycles. The lowest BCUT2D eigenvalue weighted by atomic mass is 10.1. The van der Waals surface area contributed by atoms with Crippen LogP contribution >= 0.6 is 7.75 Å². The van der Waals surface area contributed by atoms with E-state index < -0.39 is 31.6 Å². The molecule has 0 saturated carbocycles. The zero-order valence-corrected chi connectivity index (χ0v) is 21.2. The summed E-state index contributed by atoms with van der Waals surface area (Å²) in [4.78, 5) is 39.5. The third-order valence-corrected chi connectivity index (χ3v) is 6.42. The third-order valence-electron chi connectivity index (χ3n) is 4.82. The fourth-order valence-corrected chi connectivity index (χ4v) is 4.71. The molecule has 1 aromatic carbocycles. The van der Waals surface area contributed by atoms with Crippen molar-refractivity contribution in [3.63, 3.8) is 0 Å². The first kappa shape index (κ1) is 27.6. The number of hydrogen-bond acceptors (Lipinski definition) is 10. The molecule has 196 valence electrons. The van der Waals surface area contributed by atoms with Gasteiger partial charge in [0, 0.05) is 13.0 Å². The van der Waals surface area contributed by atoms with E-state index in [0.717, 1.165) is 0 Å². The summed E-state index contributed by atoms with van der Waals surface area (Å²) in [6.07, 6.45) is 2.73. The quantitative estimate of drug-likeness (QED) is 0.102. The molecular formula is C22H27N8O6P. The van der Waals surface area contributed by atoms with E-state index in [0.29, 0.717) is 17.4 Å². The first-order chi connectivity index (χ1) is 17.7. The van der Waals surface area contributed by atoms with E-state index in [1.165, 1.54) is 12.7 Å². The number of nitrogens with zero attached hydrogens (tertiary/aromatic N) is 6. The number of nitrogens with two attached hydrogens (primary N) is 1. The van der Waals surface area contributed by atoms with Gasteiger partial charge < -0.3 is 25.1 Å². The monoisotopic (exact) mass is 530 g/mol. The van der Waals surface area contributed by atoms with Crippen molar-refractivity contribution in [1.82, 2.24) is 24.6 Å². The van der Waals surface area contributed by atoms with E-state index in [1.807, 2.05) is 0 Å². The number of aromatic nitrogens is 4. The highest BCUT2D eigenvalue weighted by Crippen LogP contribution is 2.45. The zero-order chi connectivity index (χ0) is 26.8. The number of benzene rings is 1. The summed E-state index contributed by atoms with van der Waals surface area (Å²) < 4.78 is 32.0. The first-order valence-electron chi connectivity index (χ1n) is 11.3.